The lowest BCUT2D eigenvalue weighted by molar-refractivity contribution is 0.648. The Bertz CT molecular complexity index is 482. The molecule has 0 radical (unpaired) electrons. The number of aromatic nitrogens is 1. The van der Waals surface area contributed by atoms with Crippen molar-refractivity contribution in [2.24, 2.45) is 13.0 Å². The third-order valence-electron chi connectivity index (χ3n) is 2.69. The number of fused-ring (bicyclic) bond motifs is 1. The summed E-state index contributed by atoms with van der Waals surface area (Å²) in [4.78, 5) is 0. The lowest BCUT2D eigenvalue weighted by atomic mass is 10.0. The molecule has 0 N–H and O–H groups in total. The fourth-order valence-corrected chi connectivity index (χ4v) is 2.28. The Morgan fingerprint density at radius 3 is 2.67 bits per heavy atom. The summed E-state index contributed by atoms with van der Waals surface area (Å²) in [6, 6.07) is 6.23. The van der Waals surface area contributed by atoms with E-state index in [1.54, 1.807) is 0 Å². The van der Waals surface area contributed by atoms with Gasteiger partial charge >= 0.3 is 0 Å². The first-order valence-electron chi connectivity index (χ1n) is 5.32. The highest BCUT2D eigenvalue weighted by molar-refractivity contribution is 6.35. The van der Waals surface area contributed by atoms with Crippen molar-refractivity contribution in [1.29, 1.82) is 0 Å². The number of aryl methyl sites for hydroxylation is 1. The van der Waals surface area contributed by atoms with Gasteiger partial charge in [0.05, 0.1) is 5.52 Å². The Balaban J connectivity index is 2.64. The summed E-state index contributed by atoms with van der Waals surface area (Å²) in [6.45, 7) is 4.48. The number of benzene rings is 1. The number of hydrogen-bond donors (Lipinski definition) is 0. The van der Waals surface area contributed by atoms with E-state index in [0.29, 0.717) is 5.92 Å². The topological polar surface area (TPSA) is 4.93 Å². The zero-order chi connectivity index (χ0) is 11.0. The molecule has 2 rings (SSSR count). The Morgan fingerprint density at radius 2 is 2.00 bits per heavy atom. The molecular weight excluding hydrogens is 206 g/mol. The van der Waals surface area contributed by atoms with Gasteiger partial charge in [-0.05, 0) is 30.0 Å². The predicted octanol–water partition coefficient (Wildman–Crippen LogP) is 4.03. The van der Waals surface area contributed by atoms with Crippen molar-refractivity contribution in [1.82, 2.24) is 4.57 Å². The van der Waals surface area contributed by atoms with Crippen molar-refractivity contribution in [3.8, 4) is 0 Å². The third-order valence-corrected chi connectivity index (χ3v) is 3.02. The molecule has 0 spiro atoms. The first-order chi connectivity index (χ1) is 7.09. The first kappa shape index (κ1) is 10.6. The van der Waals surface area contributed by atoms with Gasteiger partial charge in [-0.2, -0.15) is 0 Å². The third kappa shape index (κ3) is 1.89. The van der Waals surface area contributed by atoms with Crippen molar-refractivity contribution in [2.75, 3.05) is 0 Å². The molecule has 0 amide bonds. The van der Waals surface area contributed by atoms with Crippen LogP contribution in [0.1, 0.15) is 19.4 Å². The van der Waals surface area contributed by atoms with Gasteiger partial charge in [0.25, 0.3) is 0 Å². The molecule has 1 heterocycles. The van der Waals surface area contributed by atoms with Crippen LogP contribution in [0, 0.1) is 5.92 Å². The predicted molar refractivity (Wildman–Crippen MR) is 66.5 cm³/mol. The zero-order valence-corrected chi connectivity index (χ0v) is 10.2. The number of nitrogens with zero attached hydrogens (tertiary/aromatic N) is 1. The lowest BCUT2D eigenvalue weighted by Crippen LogP contribution is -1.97. The fraction of sp³-hybridized carbons (Fsp3) is 0.385. The lowest BCUT2D eigenvalue weighted by Gasteiger charge is -2.09. The molecule has 0 aliphatic rings. The summed E-state index contributed by atoms with van der Waals surface area (Å²) >= 11 is 6.17. The van der Waals surface area contributed by atoms with Crippen LogP contribution in [0.4, 0.5) is 0 Å². The van der Waals surface area contributed by atoms with E-state index >= 15 is 0 Å². The van der Waals surface area contributed by atoms with Crippen LogP contribution in [0.2, 0.25) is 5.02 Å². The maximum atomic E-state index is 6.17. The fourth-order valence-electron chi connectivity index (χ4n) is 2.07. The van der Waals surface area contributed by atoms with Crippen LogP contribution in [0.5, 0.6) is 0 Å². The van der Waals surface area contributed by atoms with Gasteiger partial charge in [-0.15, -0.1) is 0 Å². The van der Waals surface area contributed by atoms with E-state index in [1.807, 2.05) is 6.07 Å². The van der Waals surface area contributed by atoms with Crippen molar-refractivity contribution >= 4 is 22.5 Å². The van der Waals surface area contributed by atoms with E-state index in [4.69, 9.17) is 11.6 Å². The van der Waals surface area contributed by atoms with Crippen molar-refractivity contribution in [3.63, 3.8) is 0 Å². The highest BCUT2D eigenvalue weighted by Gasteiger charge is 2.09. The largest absolute Gasteiger partial charge is 0.350 e. The molecule has 0 saturated heterocycles. The molecule has 15 heavy (non-hydrogen) atoms. The van der Waals surface area contributed by atoms with Crippen LogP contribution in [0.3, 0.4) is 0 Å². The van der Waals surface area contributed by atoms with E-state index in [2.05, 4.69) is 43.8 Å². The van der Waals surface area contributed by atoms with Gasteiger partial charge in [-0.1, -0.05) is 31.5 Å². The van der Waals surface area contributed by atoms with E-state index in [1.165, 1.54) is 11.1 Å². The second-order valence-corrected chi connectivity index (χ2v) is 4.90. The minimum atomic E-state index is 0.671. The van der Waals surface area contributed by atoms with Crippen molar-refractivity contribution in [2.45, 2.75) is 20.3 Å². The number of rotatable bonds is 2. The molecule has 0 bridgehead atoms. The maximum absolute atomic E-state index is 6.17. The monoisotopic (exact) mass is 221 g/mol. The smallest absolute Gasteiger partial charge is 0.0525 e. The first-order valence-corrected chi connectivity index (χ1v) is 5.70. The van der Waals surface area contributed by atoms with Gasteiger partial charge in [0.1, 0.15) is 0 Å². The van der Waals surface area contributed by atoms with Crippen LogP contribution in [-0.2, 0) is 13.5 Å². The molecule has 2 heteroatoms. The minimum absolute atomic E-state index is 0.671. The molecule has 0 unspecified atom stereocenters. The van der Waals surface area contributed by atoms with Crippen LogP contribution in [-0.4, -0.2) is 4.57 Å². The SMILES string of the molecule is CC(C)Cc1ccc(Cl)c2ccn(C)c12. The Morgan fingerprint density at radius 1 is 1.27 bits per heavy atom. The Hall–Kier alpha value is -0.950. The van der Waals surface area contributed by atoms with Gasteiger partial charge in [0.15, 0.2) is 0 Å². The van der Waals surface area contributed by atoms with E-state index in [-0.39, 0.29) is 0 Å². The molecule has 1 aromatic heterocycles. The standard InChI is InChI=1S/C13H16ClN/c1-9(2)8-10-4-5-12(14)11-6-7-15(3)13(10)11/h4-7,9H,8H2,1-3H3. The van der Waals surface area contributed by atoms with E-state index in [0.717, 1.165) is 16.8 Å². The van der Waals surface area contributed by atoms with E-state index < -0.39 is 0 Å². The van der Waals surface area contributed by atoms with Gasteiger partial charge in [0.2, 0.25) is 0 Å². The molecule has 0 aliphatic carbocycles. The second-order valence-electron chi connectivity index (χ2n) is 4.49. The van der Waals surface area contributed by atoms with Gasteiger partial charge in [-0.25, -0.2) is 0 Å². The number of hydrogen-bond acceptors (Lipinski definition) is 0. The molecule has 80 valence electrons. The zero-order valence-electron chi connectivity index (χ0n) is 9.42. The van der Waals surface area contributed by atoms with Crippen molar-refractivity contribution in [3.05, 3.63) is 35.0 Å². The molecule has 0 saturated carbocycles. The molecular formula is C13H16ClN. The van der Waals surface area contributed by atoms with E-state index in [9.17, 15) is 0 Å². The molecule has 0 aliphatic heterocycles. The number of halogens is 1. The minimum Gasteiger partial charge on any atom is -0.350 e. The summed E-state index contributed by atoms with van der Waals surface area (Å²) < 4.78 is 2.15. The molecule has 1 nitrogen and oxygen atoms in total. The normalized spacial score (nSPS) is 11.5. The van der Waals surface area contributed by atoms with Crippen LogP contribution in [0.25, 0.3) is 10.9 Å². The quantitative estimate of drug-likeness (QED) is 0.722. The summed E-state index contributed by atoms with van der Waals surface area (Å²) in [5, 5.41) is 2.01. The average Bonchev–Trinajstić information content (AvgIpc) is 2.54. The molecule has 2 aromatic rings. The highest BCUT2D eigenvalue weighted by atomic mass is 35.5. The molecule has 0 fully saturated rings. The summed E-state index contributed by atoms with van der Waals surface area (Å²) in [6.07, 6.45) is 3.17. The molecule has 1 aromatic carbocycles. The van der Waals surface area contributed by atoms with Crippen LogP contribution >= 0.6 is 11.6 Å². The Labute approximate surface area is 95.7 Å². The average molecular weight is 222 g/mol. The van der Waals surface area contributed by atoms with Gasteiger partial charge in [0, 0.05) is 23.7 Å². The van der Waals surface area contributed by atoms with Gasteiger partial charge < -0.3 is 4.57 Å². The maximum Gasteiger partial charge on any atom is 0.0525 e. The summed E-state index contributed by atoms with van der Waals surface area (Å²) in [5.41, 5.74) is 2.66. The highest BCUT2D eigenvalue weighted by Crippen LogP contribution is 2.28. The second kappa shape index (κ2) is 3.90. The van der Waals surface area contributed by atoms with Crippen LogP contribution in [0.15, 0.2) is 24.4 Å². The molecule has 0 atom stereocenters. The summed E-state index contributed by atoms with van der Waals surface area (Å²) in [5.74, 6) is 0.671. The van der Waals surface area contributed by atoms with Gasteiger partial charge in [-0.3, -0.25) is 0 Å². The van der Waals surface area contributed by atoms with Crippen molar-refractivity contribution < 1.29 is 0 Å². The van der Waals surface area contributed by atoms with Crippen LogP contribution < -0.4 is 0 Å². The Kier molecular flexibility index (Phi) is 2.74. The summed E-state index contributed by atoms with van der Waals surface area (Å²) in [7, 11) is 2.07.